The van der Waals surface area contributed by atoms with Crippen molar-refractivity contribution in [2.24, 2.45) is 5.92 Å². The van der Waals surface area contributed by atoms with E-state index in [1.165, 1.54) is 12.8 Å². The maximum atomic E-state index is 12.4. The highest BCUT2D eigenvalue weighted by Crippen LogP contribution is 2.30. The Morgan fingerprint density at radius 1 is 1.12 bits per heavy atom. The molecule has 1 aromatic carbocycles. The smallest absolute Gasteiger partial charge is 0.274 e. The summed E-state index contributed by atoms with van der Waals surface area (Å²) in [6.07, 6.45) is 4.17. The molecule has 1 fully saturated rings. The van der Waals surface area contributed by atoms with Crippen molar-refractivity contribution in [1.29, 1.82) is 0 Å². The lowest BCUT2D eigenvalue weighted by atomic mass is 9.99. The van der Waals surface area contributed by atoms with Gasteiger partial charge in [-0.05, 0) is 43.0 Å². The van der Waals surface area contributed by atoms with Gasteiger partial charge in [0.2, 0.25) is 0 Å². The number of carbonyl (C=O) groups is 1. The zero-order valence-corrected chi connectivity index (χ0v) is 15.5. The molecule has 0 bridgehead atoms. The molecule has 6 nitrogen and oxygen atoms in total. The SMILES string of the molecule is COc1ccc(NC(=O)c2ccc(N3CCC(C)CC3)cn2)cc1OC. The molecular weight excluding hydrogens is 330 g/mol. The number of anilines is 2. The number of nitrogens with zero attached hydrogens (tertiary/aromatic N) is 2. The van der Waals surface area contributed by atoms with Gasteiger partial charge in [-0.15, -0.1) is 0 Å². The van der Waals surface area contributed by atoms with Gasteiger partial charge < -0.3 is 19.7 Å². The van der Waals surface area contributed by atoms with Crippen molar-refractivity contribution in [3.8, 4) is 11.5 Å². The monoisotopic (exact) mass is 355 g/mol. The third-order valence-electron chi connectivity index (χ3n) is 4.77. The number of methoxy groups -OCH3 is 2. The zero-order chi connectivity index (χ0) is 18.5. The maximum Gasteiger partial charge on any atom is 0.274 e. The molecule has 2 aromatic rings. The summed E-state index contributed by atoms with van der Waals surface area (Å²) in [5.41, 5.74) is 2.08. The summed E-state index contributed by atoms with van der Waals surface area (Å²) in [7, 11) is 3.13. The van der Waals surface area contributed by atoms with Crippen molar-refractivity contribution in [2.75, 3.05) is 37.5 Å². The second-order valence-electron chi connectivity index (χ2n) is 6.60. The summed E-state index contributed by atoms with van der Waals surface area (Å²) in [4.78, 5) is 19.1. The van der Waals surface area contributed by atoms with Crippen molar-refractivity contribution in [2.45, 2.75) is 19.8 Å². The minimum atomic E-state index is -0.254. The van der Waals surface area contributed by atoms with Crippen LogP contribution in [0.4, 0.5) is 11.4 Å². The molecule has 138 valence electrons. The number of pyridine rings is 1. The summed E-state index contributed by atoms with van der Waals surface area (Å²) < 4.78 is 10.5. The van der Waals surface area contributed by atoms with Crippen LogP contribution >= 0.6 is 0 Å². The van der Waals surface area contributed by atoms with Gasteiger partial charge in [-0.25, -0.2) is 4.98 Å². The molecule has 1 amide bonds. The lowest BCUT2D eigenvalue weighted by molar-refractivity contribution is 0.102. The average molecular weight is 355 g/mol. The first-order valence-corrected chi connectivity index (χ1v) is 8.85. The average Bonchev–Trinajstić information content (AvgIpc) is 2.68. The molecule has 0 unspecified atom stereocenters. The van der Waals surface area contributed by atoms with E-state index in [1.54, 1.807) is 44.7 Å². The van der Waals surface area contributed by atoms with E-state index in [1.807, 2.05) is 6.07 Å². The molecule has 0 saturated carbocycles. The van der Waals surface area contributed by atoms with Gasteiger partial charge in [0.05, 0.1) is 26.1 Å². The summed E-state index contributed by atoms with van der Waals surface area (Å²) in [5.74, 6) is 1.71. The highest BCUT2D eigenvalue weighted by Gasteiger charge is 2.17. The Bertz CT molecular complexity index is 753. The van der Waals surface area contributed by atoms with E-state index in [4.69, 9.17) is 9.47 Å². The number of aromatic nitrogens is 1. The normalized spacial score (nSPS) is 14.8. The van der Waals surface area contributed by atoms with Crippen LogP contribution in [0, 0.1) is 5.92 Å². The van der Waals surface area contributed by atoms with E-state index in [2.05, 4.69) is 22.1 Å². The van der Waals surface area contributed by atoms with E-state index in [0.717, 1.165) is 24.7 Å². The van der Waals surface area contributed by atoms with Gasteiger partial charge in [0, 0.05) is 24.8 Å². The first kappa shape index (κ1) is 18.0. The molecule has 1 N–H and O–H groups in total. The van der Waals surface area contributed by atoms with Crippen molar-refractivity contribution in [1.82, 2.24) is 4.98 Å². The predicted octanol–water partition coefficient (Wildman–Crippen LogP) is 3.59. The van der Waals surface area contributed by atoms with E-state index in [0.29, 0.717) is 22.9 Å². The maximum absolute atomic E-state index is 12.4. The van der Waals surface area contributed by atoms with Gasteiger partial charge in [0.15, 0.2) is 11.5 Å². The second-order valence-corrected chi connectivity index (χ2v) is 6.60. The topological polar surface area (TPSA) is 63.7 Å². The molecule has 1 aliphatic rings. The molecule has 6 heteroatoms. The molecular formula is C20H25N3O3. The quantitative estimate of drug-likeness (QED) is 0.888. The minimum Gasteiger partial charge on any atom is -0.493 e. The van der Waals surface area contributed by atoms with Gasteiger partial charge >= 0.3 is 0 Å². The van der Waals surface area contributed by atoms with Crippen molar-refractivity contribution >= 4 is 17.3 Å². The Morgan fingerprint density at radius 3 is 2.46 bits per heavy atom. The first-order valence-electron chi connectivity index (χ1n) is 8.85. The Morgan fingerprint density at radius 2 is 1.85 bits per heavy atom. The lowest BCUT2D eigenvalue weighted by Crippen LogP contribution is -2.32. The third kappa shape index (κ3) is 4.07. The van der Waals surface area contributed by atoms with Crippen LogP contribution in [-0.4, -0.2) is 38.2 Å². The first-order chi connectivity index (χ1) is 12.6. The van der Waals surface area contributed by atoms with Crippen molar-refractivity contribution < 1.29 is 14.3 Å². The Kier molecular flexibility index (Phi) is 5.61. The Labute approximate surface area is 154 Å². The zero-order valence-electron chi connectivity index (χ0n) is 15.5. The fraction of sp³-hybridized carbons (Fsp3) is 0.400. The molecule has 0 atom stereocenters. The van der Waals surface area contributed by atoms with E-state index < -0.39 is 0 Å². The molecule has 0 aliphatic carbocycles. The fourth-order valence-corrected chi connectivity index (χ4v) is 3.08. The van der Waals surface area contributed by atoms with Gasteiger partial charge in [0.1, 0.15) is 5.69 Å². The lowest BCUT2D eigenvalue weighted by Gasteiger charge is -2.31. The number of nitrogens with one attached hydrogen (secondary N) is 1. The number of amides is 1. The standard InChI is InChI=1S/C20H25N3O3/c1-14-8-10-23(11-9-14)16-5-6-17(21-13-16)20(24)22-15-4-7-18(25-2)19(12-15)26-3/h4-7,12-14H,8-11H2,1-3H3,(H,22,24). The van der Waals surface area contributed by atoms with Crippen molar-refractivity contribution in [3.05, 3.63) is 42.2 Å². The number of ether oxygens (including phenoxy) is 2. The van der Waals surface area contributed by atoms with Crippen LogP contribution in [0.3, 0.4) is 0 Å². The highest BCUT2D eigenvalue weighted by atomic mass is 16.5. The number of piperidine rings is 1. The van der Waals surface area contributed by atoms with Crippen LogP contribution < -0.4 is 19.7 Å². The summed E-state index contributed by atoms with van der Waals surface area (Å²) >= 11 is 0. The highest BCUT2D eigenvalue weighted by molar-refractivity contribution is 6.03. The van der Waals surface area contributed by atoms with Crippen LogP contribution in [0.2, 0.25) is 0 Å². The fourth-order valence-electron chi connectivity index (χ4n) is 3.08. The number of rotatable bonds is 5. The van der Waals surface area contributed by atoms with Crippen LogP contribution in [0.1, 0.15) is 30.3 Å². The molecule has 26 heavy (non-hydrogen) atoms. The van der Waals surface area contributed by atoms with Crippen LogP contribution in [0.5, 0.6) is 11.5 Å². The third-order valence-corrected chi connectivity index (χ3v) is 4.77. The molecule has 0 spiro atoms. The van der Waals surface area contributed by atoms with Gasteiger partial charge in [-0.1, -0.05) is 6.92 Å². The van der Waals surface area contributed by atoms with Crippen molar-refractivity contribution in [3.63, 3.8) is 0 Å². The summed E-state index contributed by atoms with van der Waals surface area (Å²) in [6, 6.07) is 8.97. The van der Waals surface area contributed by atoms with Gasteiger partial charge in [-0.3, -0.25) is 4.79 Å². The van der Waals surface area contributed by atoms with Gasteiger partial charge in [0.25, 0.3) is 5.91 Å². The Balaban J connectivity index is 1.66. The second kappa shape index (κ2) is 8.08. The number of hydrogen-bond donors (Lipinski definition) is 1. The number of hydrogen-bond acceptors (Lipinski definition) is 5. The Hall–Kier alpha value is -2.76. The molecule has 1 aromatic heterocycles. The molecule has 1 saturated heterocycles. The van der Waals surface area contributed by atoms with Crippen LogP contribution in [0.15, 0.2) is 36.5 Å². The van der Waals surface area contributed by atoms with Crippen LogP contribution in [0.25, 0.3) is 0 Å². The predicted molar refractivity (Wildman–Crippen MR) is 102 cm³/mol. The number of benzene rings is 1. The van der Waals surface area contributed by atoms with E-state index >= 15 is 0 Å². The molecule has 0 radical (unpaired) electrons. The summed E-state index contributed by atoms with van der Waals surface area (Å²) in [6.45, 7) is 4.37. The molecule has 3 rings (SSSR count). The number of carbonyl (C=O) groups excluding carboxylic acids is 1. The van der Waals surface area contributed by atoms with E-state index in [9.17, 15) is 4.79 Å². The minimum absolute atomic E-state index is 0.254. The summed E-state index contributed by atoms with van der Waals surface area (Å²) in [5, 5.41) is 2.84. The molecule has 1 aliphatic heterocycles. The van der Waals surface area contributed by atoms with E-state index in [-0.39, 0.29) is 5.91 Å². The van der Waals surface area contributed by atoms with Crippen LogP contribution in [-0.2, 0) is 0 Å². The molecule has 2 heterocycles. The van der Waals surface area contributed by atoms with Gasteiger partial charge in [-0.2, -0.15) is 0 Å². The largest absolute Gasteiger partial charge is 0.493 e.